The normalized spacial score (nSPS) is 10.4. The summed E-state index contributed by atoms with van der Waals surface area (Å²) in [5, 5.41) is 2.84. The summed E-state index contributed by atoms with van der Waals surface area (Å²) >= 11 is 0. The number of amides is 1. The molecule has 0 radical (unpaired) electrons. The number of unbranched alkanes of at least 4 members (excludes halogenated alkanes) is 3. The number of aryl methyl sites for hydroxylation is 1. The summed E-state index contributed by atoms with van der Waals surface area (Å²) in [5.74, 6) is 0.443. The molecule has 156 valence electrons. The number of ether oxygens (including phenoxy) is 2. The van der Waals surface area contributed by atoms with Gasteiger partial charge in [0.05, 0.1) is 18.8 Å². The summed E-state index contributed by atoms with van der Waals surface area (Å²) in [4.78, 5) is 24.1. The van der Waals surface area contributed by atoms with Crippen molar-refractivity contribution in [1.82, 2.24) is 0 Å². The van der Waals surface area contributed by atoms with E-state index in [4.69, 9.17) is 9.47 Å². The van der Waals surface area contributed by atoms with Crippen LogP contribution >= 0.6 is 0 Å². The molecule has 0 saturated carbocycles. The van der Waals surface area contributed by atoms with Crippen LogP contribution in [0.1, 0.15) is 61.4 Å². The van der Waals surface area contributed by atoms with Crippen LogP contribution in [-0.4, -0.2) is 25.1 Å². The molecule has 0 aromatic heterocycles. The molecule has 0 atom stereocenters. The molecule has 0 fully saturated rings. The van der Waals surface area contributed by atoms with E-state index in [0.29, 0.717) is 37.3 Å². The minimum Gasteiger partial charge on any atom is -0.493 e. The second kappa shape index (κ2) is 12.6. The summed E-state index contributed by atoms with van der Waals surface area (Å²) in [7, 11) is 0. The lowest BCUT2D eigenvalue weighted by Crippen LogP contribution is -2.13. The monoisotopic (exact) mass is 397 g/mol. The summed E-state index contributed by atoms with van der Waals surface area (Å²) in [6.45, 7) is 5.07. The third kappa shape index (κ3) is 8.38. The SMILES string of the molecule is CCCCCCOC(=O)c1ccc(NC(=O)CCCOc2ccccc2C)cc1. The van der Waals surface area contributed by atoms with Crippen LogP contribution in [0, 0.1) is 6.92 Å². The fourth-order valence-electron chi connectivity index (χ4n) is 2.82. The van der Waals surface area contributed by atoms with Crippen LogP contribution in [-0.2, 0) is 9.53 Å². The van der Waals surface area contributed by atoms with Gasteiger partial charge in [-0.05, 0) is 55.7 Å². The first-order valence-corrected chi connectivity index (χ1v) is 10.4. The first kappa shape index (κ1) is 22.5. The maximum atomic E-state index is 12.1. The van der Waals surface area contributed by atoms with E-state index >= 15 is 0 Å². The summed E-state index contributed by atoms with van der Waals surface area (Å²) in [6.07, 6.45) is 5.27. The number of para-hydroxylation sites is 1. The molecular formula is C24H31NO4. The van der Waals surface area contributed by atoms with E-state index < -0.39 is 0 Å². The highest BCUT2D eigenvalue weighted by atomic mass is 16.5. The molecule has 1 N–H and O–H groups in total. The minimum absolute atomic E-state index is 0.0790. The highest BCUT2D eigenvalue weighted by Crippen LogP contribution is 2.16. The van der Waals surface area contributed by atoms with Gasteiger partial charge in [0.25, 0.3) is 0 Å². The van der Waals surface area contributed by atoms with Crippen LogP contribution in [0.4, 0.5) is 5.69 Å². The third-order valence-electron chi connectivity index (χ3n) is 4.53. The van der Waals surface area contributed by atoms with Crippen molar-refractivity contribution in [2.24, 2.45) is 0 Å². The number of benzene rings is 2. The van der Waals surface area contributed by atoms with Crippen LogP contribution in [0.25, 0.3) is 0 Å². The second-order valence-electron chi connectivity index (χ2n) is 7.04. The number of anilines is 1. The molecule has 0 aliphatic carbocycles. The maximum absolute atomic E-state index is 12.1. The largest absolute Gasteiger partial charge is 0.493 e. The van der Waals surface area contributed by atoms with E-state index in [-0.39, 0.29) is 11.9 Å². The van der Waals surface area contributed by atoms with Crippen molar-refractivity contribution >= 4 is 17.6 Å². The zero-order chi connectivity index (χ0) is 20.9. The van der Waals surface area contributed by atoms with Gasteiger partial charge in [-0.3, -0.25) is 4.79 Å². The van der Waals surface area contributed by atoms with Crippen molar-refractivity contribution in [2.45, 2.75) is 52.4 Å². The summed E-state index contributed by atoms with van der Waals surface area (Å²) in [6, 6.07) is 14.6. The lowest BCUT2D eigenvalue weighted by molar-refractivity contribution is -0.116. The quantitative estimate of drug-likeness (QED) is 0.378. The zero-order valence-corrected chi connectivity index (χ0v) is 17.4. The Morgan fingerprint density at radius 3 is 2.38 bits per heavy atom. The molecule has 0 saturated heterocycles. The molecule has 0 heterocycles. The van der Waals surface area contributed by atoms with E-state index in [9.17, 15) is 9.59 Å². The second-order valence-corrected chi connectivity index (χ2v) is 7.04. The minimum atomic E-state index is -0.326. The van der Waals surface area contributed by atoms with Gasteiger partial charge in [0.15, 0.2) is 0 Å². The fourth-order valence-corrected chi connectivity index (χ4v) is 2.82. The van der Waals surface area contributed by atoms with Crippen LogP contribution in [0.15, 0.2) is 48.5 Å². The molecule has 0 unspecified atom stereocenters. The Labute approximate surface area is 173 Å². The van der Waals surface area contributed by atoms with Crippen molar-refractivity contribution in [3.05, 3.63) is 59.7 Å². The van der Waals surface area contributed by atoms with Crippen LogP contribution in [0.3, 0.4) is 0 Å². The molecule has 0 spiro atoms. The van der Waals surface area contributed by atoms with Gasteiger partial charge in [-0.15, -0.1) is 0 Å². The van der Waals surface area contributed by atoms with Gasteiger partial charge in [-0.25, -0.2) is 4.79 Å². The highest BCUT2D eigenvalue weighted by molar-refractivity contribution is 5.93. The van der Waals surface area contributed by atoms with E-state index in [1.165, 1.54) is 0 Å². The number of rotatable bonds is 12. The lowest BCUT2D eigenvalue weighted by atomic mass is 10.2. The van der Waals surface area contributed by atoms with Crippen molar-refractivity contribution in [3.8, 4) is 5.75 Å². The van der Waals surface area contributed by atoms with Gasteiger partial charge in [-0.1, -0.05) is 44.4 Å². The Morgan fingerprint density at radius 1 is 0.897 bits per heavy atom. The van der Waals surface area contributed by atoms with Crippen molar-refractivity contribution in [2.75, 3.05) is 18.5 Å². The molecule has 2 rings (SSSR count). The molecule has 2 aromatic carbocycles. The van der Waals surface area contributed by atoms with Crippen molar-refractivity contribution in [3.63, 3.8) is 0 Å². The van der Waals surface area contributed by atoms with Gasteiger partial charge in [0, 0.05) is 12.1 Å². The average molecular weight is 398 g/mol. The number of carbonyl (C=O) groups excluding carboxylic acids is 2. The number of esters is 1. The molecule has 0 aliphatic heterocycles. The Balaban J connectivity index is 1.67. The third-order valence-corrected chi connectivity index (χ3v) is 4.53. The molecule has 29 heavy (non-hydrogen) atoms. The molecule has 1 amide bonds. The molecular weight excluding hydrogens is 366 g/mol. The Kier molecular flexibility index (Phi) is 9.76. The fraction of sp³-hybridized carbons (Fsp3) is 0.417. The van der Waals surface area contributed by atoms with E-state index in [1.807, 2.05) is 31.2 Å². The van der Waals surface area contributed by atoms with Crippen molar-refractivity contribution < 1.29 is 19.1 Å². The summed E-state index contributed by atoms with van der Waals surface area (Å²) in [5.41, 5.74) is 2.23. The van der Waals surface area contributed by atoms with E-state index in [1.54, 1.807) is 24.3 Å². The highest BCUT2D eigenvalue weighted by Gasteiger charge is 2.08. The number of carbonyl (C=O) groups is 2. The maximum Gasteiger partial charge on any atom is 0.338 e. The van der Waals surface area contributed by atoms with Gasteiger partial charge in [0.2, 0.25) is 5.91 Å². The smallest absolute Gasteiger partial charge is 0.338 e. The number of nitrogens with one attached hydrogen (secondary N) is 1. The average Bonchev–Trinajstić information content (AvgIpc) is 2.72. The standard InChI is InChI=1S/C24H31NO4/c1-3-4-5-8-17-29-24(27)20-13-15-21(16-14-20)25-23(26)12-9-18-28-22-11-7-6-10-19(22)2/h6-7,10-11,13-16H,3-5,8-9,12,17-18H2,1-2H3,(H,25,26). The Bertz CT molecular complexity index is 771. The van der Waals surface area contributed by atoms with Crippen molar-refractivity contribution in [1.29, 1.82) is 0 Å². The molecule has 0 aliphatic rings. The molecule has 5 nitrogen and oxygen atoms in total. The predicted octanol–water partition coefficient (Wildman–Crippen LogP) is 5.53. The van der Waals surface area contributed by atoms with Gasteiger partial charge in [0.1, 0.15) is 5.75 Å². The van der Waals surface area contributed by atoms with E-state index in [0.717, 1.165) is 37.0 Å². The van der Waals surface area contributed by atoms with Crippen LogP contribution in [0.5, 0.6) is 5.75 Å². The number of hydrogen-bond donors (Lipinski definition) is 1. The van der Waals surface area contributed by atoms with Gasteiger partial charge >= 0.3 is 5.97 Å². The topological polar surface area (TPSA) is 64.6 Å². The molecule has 2 aromatic rings. The number of hydrogen-bond acceptors (Lipinski definition) is 4. The van der Waals surface area contributed by atoms with Crippen LogP contribution < -0.4 is 10.1 Å². The van der Waals surface area contributed by atoms with Crippen LogP contribution in [0.2, 0.25) is 0 Å². The Morgan fingerprint density at radius 2 is 1.66 bits per heavy atom. The first-order valence-electron chi connectivity index (χ1n) is 10.4. The lowest BCUT2D eigenvalue weighted by Gasteiger charge is -2.09. The molecule has 5 heteroatoms. The first-order chi connectivity index (χ1) is 14.1. The Hall–Kier alpha value is -2.82. The van der Waals surface area contributed by atoms with Gasteiger partial charge in [-0.2, -0.15) is 0 Å². The zero-order valence-electron chi connectivity index (χ0n) is 17.4. The van der Waals surface area contributed by atoms with E-state index in [2.05, 4.69) is 12.2 Å². The predicted molar refractivity (Wildman–Crippen MR) is 115 cm³/mol. The van der Waals surface area contributed by atoms with Gasteiger partial charge < -0.3 is 14.8 Å². The molecule has 0 bridgehead atoms. The summed E-state index contributed by atoms with van der Waals surface area (Å²) < 4.78 is 11.0.